The standard InChI is InChI=1S/C15H10Cl2F3N3O3/c1-26-13-10(7(5-6-21-13)15(18,19)20)12(24)23-14(25)22-11-8(16)3-2-4-9(11)17/h2-6H,1H3,(H2,22,23,24,25). The summed E-state index contributed by atoms with van der Waals surface area (Å²) >= 11 is 11.7. The first-order valence-electron chi connectivity index (χ1n) is 6.81. The minimum atomic E-state index is -4.86. The van der Waals surface area contributed by atoms with E-state index in [1.165, 1.54) is 18.2 Å². The largest absolute Gasteiger partial charge is 0.480 e. The molecule has 0 fully saturated rings. The first-order chi connectivity index (χ1) is 12.1. The van der Waals surface area contributed by atoms with Gasteiger partial charge in [0.15, 0.2) is 0 Å². The molecule has 0 atom stereocenters. The van der Waals surface area contributed by atoms with Crippen molar-refractivity contribution in [3.8, 4) is 5.88 Å². The molecule has 26 heavy (non-hydrogen) atoms. The first kappa shape index (κ1) is 19.8. The molecule has 138 valence electrons. The van der Waals surface area contributed by atoms with Crippen LogP contribution in [0.4, 0.5) is 23.7 Å². The topological polar surface area (TPSA) is 80.3 Å². The first-order valence-corrected chi connectivity index (χ1v) is 7.57. The SMILES string of the molecule is COc1nccc(C(F)(F)F)c1C(=O)NC(=O)Nc1c(Cl)cccc1Cl. The molecule has 2 N–H and O–H groups in total. The highest BCUT2D eigenvalue weighted by atomic mass is 35.5. The number of benzene rings is 1. The third kappa shape index (κ3) is 4.36. The maximum absolute atomic E-state index is 13.1. The summed E-state index contributed by atoms with van der Waals surface area (Å²) in [5, 5.41) is 4.12. The van der Waals surface area contributed by atoms with Gasteiger partial charge >= 0.3 is 12.2 Å². The molecule has 11 heteroatoms. The molecule has 3 amide bonds. The molecule has 1 heterocycles. The number of alkyl halides is 3. The summed E-state index contributed by atoms with van der Waals surface area (Å²) < 4.78 is 44.0. The Morgan fingerprint density at radius 2 is 1.77 bits per heavy atom. The zero-order valence-corrected chi connectivity index (χ0v) is 14.5. The molecular formula is C15H10Cl2F3N3O3. The van der Waals surface area contributed by atoms with Crippen molar-refractivity contribution >= 4 is 40.8 Å². The summed E-state index contributed by atoms with van der Waals surface area (Å²) in [7, 11) is 1.04. The second kappa shape index (κ2) is 7.79. The van der Waals surface area contributed by atoms with Gasteiger partial charge in [-0.3, -0.25) is 10.1 Å². The number of amides is 3. The Morgan fingerprint density at radius 1 is 1.15 bits per heavy atom. The van der Waals surface area contributed by atoms with Gasteiger partial charge in [-0.15, -0.1) is 0 Å². The lowest BCUT2D eigenvalue weighted by molar-refractivity contribution is -0.138. The number of urea groups is 1. The van der Waals surface area contributed by atoms with Crippen LogP contribution in [-0.2, 0) is 6.18 Å². The van der Waals surface area contributed by atoms with E-state index in [2.05, 4.69) is 10.3 Å². The molecule has 0 saturated carbocycles. The van der Waals surface area contributed by atoms with Gasteiger partial charge in [0.25, 0.3) is 5.91 Å². The van der Waals surface area contributed by atoms with E-state index in [4.69, 9.17) is 27.9 Å². The van der Waals surface area contributed by atoms with Crippen LogP contribution in [0.15, 0.2) is 30.5 Å². The third-order valence-electron chi connectivity index (χ3n) is 3.07. The van der Waals surface area contributed by atoms with E-state index < -0.39 is 35.1 Å². The fourth-order valence-electron chi connectivity index (χ4n) is 1.98. The molecular weight excluding hydrogens is 398 g/mol. The third-order valence-corrected chi connectivity index (χ3v) is 3.70. The van der Waals surface area contributed by atoms with Crippen molar-refractivity contribution < 1.29 is 27.5 Å². The lowest BCUT2D eigenvalue weighted by Crippen LogP contribution is -2.36. The minimum Gasteiger partial charge on any atom is -0.480 e. The highest BCUT2D eigenvalue weighted by Gasteiger charge is 2.38. The van der Waals surface area contributed by atoms with Crippen LogP contribution in [0.3, 0.4) is 0 Å². The number of hydrogen-bond donors (Lipinski definition) is 2. The molecule has 0 aliphatic rings. The van der Waals surface area contributed by atoms with Crippen LogP contribution in [0.5, 0.6) is 5.88 Å². The van der Waals surface area contributed by atoms with Crippen LogP contribution in [-0.4, -0.2) is 24.0 Å². The number of anilines is 1. The van der Waals surface area contributed by atoms with E-state index in [0.29, 0.717) is 6.07 Å². The average Bonchev–Trinajstić information content (AvgIpc) is 2.56. The number of hydrogen-bond acceptors (Lipinski definition) is 4. The normalized spacial score (nSPS) is 11.0. The fraction of sp³-hybridized carbons (Fsp3) is 0.133. The van der Waals surface area contributed by atoms with Crippen molar-refractivity contribution in [2.45, 2.75) is 6.18 Å². The number of pyridine rings is 1. The number of methoxy groups -OCH3 is 1. The number of ether oxygens (including phenoxy) is 1. The fourth-order valence-corrected chi connectivity index (χ4v) is 2.47. The Morgan fingerprint density at radius 3 is 2.31 bits per heavy atom. The number of carbonyl (C=O) groups excluding carboxylic acids is 2. The molecule has 0 radical (unpaired) electrons. The summed E-state index contributed by atoms with van der Waals surface area (Å²) in [5.74, 6) is -1.94. The van der Waals surface area contributed by atoms with Gasteiger partial charge in [-0.25, -0.2) is 9.78 Å². The second-order valence-electron chi connectivity index (χ2n) is 4.75. The zero-order valence-electron chi connectivity index (χ0n) is 12.9. The molecule has 0 unspecified atom stereocenters. The molecule has 2 rings (SSSR count). The smallest absolute Gasteiger partial charge is 0.417 e. The van der Waals surface area contributed by atoms with Crippen LogP contribution < -0.4 is 15.4 Å². The molecule has 0 aliphatic carbocycles. The number of aromatic nitrogens is 1. The van der Waals surface area contributed by atoms with E-state index >= 15 is 0 Å². The average molecular weight is 408 g/mol. The lowest BCUT2D eigenvalue weighted by Gasteiger charge is -2.15. The van der Waals surface area contributed by atoms with Gasteiger partial charge in [0.2, 0.25) is 5.88 Å². The number of rotatable bonds is 3. The molecule has 2 aromatic rings. The van der Waals surface area contributed by atoms with Crippen molar-refractivity contribution in [1.82, 2.24) is 10.3 Å². The van der Waals surface area contributed by atoms with Gasteiger partial charge in [-0.05, 0) is 18.2 Å². The highest BCUT2D eigenvalue weighted by Crippen LogP contribution is 2.35. The lowest BCUT2D eigenvalue weighted by atomic mass is 10.1. The summed E-state index contributed by atoms with van der Waals surface area (Å²) in [6.45, 7) is 0. The molecule has 6 nitrogen and oxygen atoms in total. The van der Waals surface area contributed by atoms with Crippen molar-refractivity contribution in [3.63, 3.8) is 0 Å². The van der Waals surface area contributed by atoms with Gasteiger partial charge in [0.1, 0.15) is 5.56 Å². The minimum absolute atomic E-state index is 0.00432. The Kier molecular flexibility index (Phi) is 5.94. The van der Waals surface area contributed by atoms with Gasteiger partial charge in [0, 0.05) is 6.20 Å². The van der Waals surface area contributed by atoms with Crippen molar-refractivity contribution in [1.29, 1.82) is 0 Å². The van der Waals surface area contributed by atoms with E-state index in [9.17, 15) is 22.8 Å². The summed E-state index contributed by atoms with van der Waals surface area (Å²) in [4.78, 5) is 27.7. The second-order valence-corrected chi connectivity index (χ2v) is 5.56. The zero-order chi connectivity index (χ0) is 19.5. The van der Waals surface area contributed by atoms with Crippen LogP contribution >= 0.6 is 23.2 Å². The molecule has 0 aliphatic heterocycles. The number of carbonyl (C=O) groups is 2. The molecule has 1 aromatic heterocycles. The van der Waals surface area contributed by atoms with Crippen LogP contribution in [0, 0.1) is 0 Å². The Bertz CT molecular complexity index is 840. The molecule has 1 aromatic carbocycles. The summed E-state index contributed by atoms with van der Waals surface area (Å²) in [6, 6.07) is 3.84. The van der Waals surface area contributed by atoms with Gasteiger partial charge < -0.3 is 10.1 Å². The molecule has 0 spiro atoms. The van der Waals surface area contributed by atoms with E-state index in [0.717, 1.165) is 13.3 Å². The predicted molar refractivity (Wildman–Crippen MR) is 88.7 cm³/mol. The van der Waals surface area contributed by atoms with Crippen molar-refractivity contribution in [3.05, 3.63) is 51.6 Å². The number of halogens is 5. The quantitative estimate of drug-likeness (QED) is 0.790. The van der Waals surface area contributed by atoms with E-state index in [1.54, 1.807) is 5.32 Å². The monoisotopic (exact) mass is 407 g/mol. The highest BCUT2D eigenvalue weighted by molar-refractivity contribution is 6.39. The van der Waals surface area contributed by atoms with Crippen molar-refractivity contribution in [2.24, 2.45) is 0 Å². The van der Waals surface area contributed by atoms with Gasteiger partial charge in [-0.1, -0.05) is 29.3 Å². The Labute approximate surface area is 155 Å². The number of nitrogens with one attached hydrogen (secondary N) is 2. The van der Waals surface area contributed by atoms with Gasteiger partial charge in [-0.2, -0.15) is 13.2 Å². The summed E-state index contributed by atoms with van der Waals surface area (Å²) in [6.07, 6.45) is -4.02. The Hall–Kier alpha value is -2.52. The van der Waals surface area contributed by atoms with E-state index in [-0.39, 0.29) is 15.7 Å². The number of nitrogens with zero attached hydrogens (tertiary/aromatic N) is 1. The maximum atomic E-state index is 13.1. The molecule has 0 bridgehead atoms. The van der Waals surface area contributed by atoms with Crippen LogP contribution in [0.1, 0.15) is 15.9 Å². The number of imide groups is 1. The van der Waals surface area contributed by atoms with Crippen LogP contribution in [0.25, 0.3) is 0 Å². The number of para-hydroxylation sites is 1. The Balaban J connectivity index is 2.29. The summed E-state index contributed by atoms with van der Waals surface area (Å²) in [5.41, 5.74) is -2.23. The van der Waals surface area contributed by atoms with Crippen LogP contribution in [0.2, 0.25) is 10.0 Å². The van der Waals surface area contributed by atoms with Crippen molar-refractivity contribution in [2.75, 3.05) is 12.4 Å². The molecule has 0 saturated heterocycles. The van der Waals surface area contributed by atoms with E-state index in [1.807, 2.05) is 0 Å². The maximum Gasteiger partial charge on any atom is 0.417 e. The van der Waals surface area contributed by atoms with Gasteiger partial charge in [0.05, 0.1) is 28.4 Å². The predicted octanol–water partition coefficient (Wildman–Crippen LogP) is 4.38.